The molecule has 1 unspecified atom stereocenters. The minimum Gasteiger partial charge on any atom is -0.304 e. The number of hydrogen-bond acceptors (Lipinski definition) is 5. The zero-order chi connectivity index (χ0) is 18.9. The third-order valence-corrected chi connectivity index (χ3v) is 7.46. The van der Waals surface area contributed by atoms with E-state index in [2.05, 4.69) is 31.1 Å². The molecule has 142 valence electrons. The molecular formula is C18H25N3O3S2. The number of carbonyl (C=O) groups excluding carboxylic acids is 1. The molecule has 1 aromatic carbocycles. The highest BCUT2D eigenvalue weighted by Gasteiger charge is 2.40. The van der Waals surface area contributed by atoms with E-state index in [9.17, 15) is 13.2 Å². The molecule has 1 amide bonds. The van der Waals surface area contributed by atoms with Crippen molar-refractivity contribution < 1.29 is 13.2 Å². The first-order valence-corrected chi connectivity index (χ1v) is 11.2. The Morgan fingerprint density at radius 1 is 1.27 bits per heavy atom. The molecule has 6 nitrogen and oxygen atoms in total. The van der Waals surface area contributed by atoms with Crippen LogP contribution < -0.4 is 5.32 Å². The maximum Gasteiger partial charge on any atom is 0.244 e. The molecule has 26 heavy (non-hydrogen) atoms. The number of amides is 1. The molecule has 2 aliphatic rings. The molecule has 0 aromatic heterocycles. The van der Waals surface area contributed by atoms with Crippen molar-refractivity contribution in [1.82, 2.24) is 9.62 Å². The summed E-state index contributed by atoms with van der Waals surface area (Å²) in [6, 6.07) is 6.30. The highest BCUT2D eigenvalue weighted by molar-refractivity contribution is 8.14. The van der Waals surface area contributed by atoms with Gasteiger partial charge < -0.3 is 5.32 Å². The van der Waals surface area contributed by atoms with E-state index in [0.717, 1.165) is 11.3 Å². The minimum atomic E-state index is -3.70. The van der Waals surface area contributed by atoms with Gasteiger partial charge in [0.1, 0.15) is 6.04 Å². The zero-order valence-corrected chi connectivity index (χ0v) is 17.0. The van der Waals surface area contributed by atoms with Crippen LogP contribution in [0.2, 0.25) is 0 Å². The van der Waals surface area contributed by atoms with Crippen LogP contribution in [0, 0.1) is 0 Å². The monoisotopic (exact) mass is 395 g/mol. The molecular weight excluding hydrogens is 370 g/mol. The average Bonchev–Trinajstić information content (AvgIpc) is 3.25. The summed E-state index contributed by atoms with van der Waals surface area (Å²) in [5, 5.41) is 3.36. The van der Waals surface area contributed by atoms with Crippen LogP contribution in [0.4, 0.5) is 0 Å². The number of nitrogens with zero attached hydrogens (tertiary/aromatic N) is 2. The SMILES string of the molecule is CC(C)(C)c1ccc(S(=O)(=O)N2CCCC2C(=O)NC2=NCCS2)cc1. The topological polar surface area (TPSA) is 78.8 Å². The van der Waals surface area contributed by atoms with Gasteiger partial charge in [-0.05, 0) is 36.0 Å². The number of amidine groups is 1. The molecule has 1 aromatic rings. The second kappa shape index (κ2) is 7.32. The summed E-state index contributed by atoms with van der Waals surface area (Å²) >= 11 is 1.49. The number of rotatable bonds is 3. The number of benzene rings is 1. The van der Waals surface area contributed by atoms with Gasteiger partial charge in [-0.2, -0.15) is 4.31 Å². The Hall–Kier alpha value is -1.38. The fourth-order valence-electron chi connectivity index (χ4n) is 3.15. The van der Waals surface area contributed by atoms with E-state index in [1.54, 1.807) is 12.1 Å². The first-order chi connectivity index (χ1) is 12.2. The minimum absolute atomic E-state index is 0.0436. The summed E-state index contributed by atoms with van der Waals surface area (Å²) in [4.78, 5) is 17.0. The Bertz CT molecular complexity index is 811. The van der Waals surface area contributed by atoms with E-state index >= 15 is 0 Å². The summed E-state index contributed by atoms with van der Waals surface area (Å²) < 4.78 is 27.4. The Morgan fingerprint density at radius 3 is 2.54 bits per heavy atom. The summed E-state index contributed by atoms with van der Waals surface area (Å²) in [6.45, 7) is 7.30. The fraction of sp³-hybridized carbons (Fsp3) is 0.556. The Labute approximate surface area is 159 Å². The number of hydrogen-bond donors (Lipinski definition) is 1. The fourth-order valence-corrected chi connectivity index (χ4v) is 5.54. The third-order valence-electron chi connectivity index (χ3n) is 4.65. The highest BCUT2D eigenvalue weighted by atomic mass is 32.2. The molecule has 0 radical (unpaired) electrons. The molecule has 2 aliphatic heterocycles. The van der Waals surface area contributed by atoms with Crippen molar-refractivity contribution in [3.05, 3.63) is 29.8 Å². The quantitative estimate of drug-likeness (QED) is 0.852. The number of thioether (sulfide) groups is 1. The Balaban J connectivity index is 1.80. The Kier molecular flexibility index (Phi) is 5.46. The lowest BCUT2D eigenvalue weighted by molar-refractivity contribution is -0.122. The molecule has 1 N–H and O–H groups in total. The molecule has 1 fully saturated rings. The molecule has 0 aliphatic carbocycles. The van der Waals surface area contributed by atoms with Gasteiger partial charge >= 0.3 is 0 Å². The van der Waals surface area contributed by atoms with E-state index in [4.69, 9.17) is 0 Å². The second-order valence-electron chi connectivity index (χ2n) is 7.57. The highest BCUT2D eigenvalue weighted by Crippen LogP contribution is 2.29. The van der Waals surface area contributed by atoms with Gasteiger partial charge in [-0.25, -0.2) is 8.42 Å². The molecule has 8 heteroatoms. The standard InChI is InChI=1S/C18H25N3O3S2/c1-18(2,3)13-6-8-14(9-7-13)26(23,24)21-11-4-5-15(21)16(22)20-17-19-10-12-25-17/h6-9,15H,4-5,10-12H2,1-3H3,(H,19,20,22). The molecule has 1 atom stereocenters. The van der Waals surface area contributed by atoms with Crippen molar-refractivity contribution in [3.63, 3.8) is 0 Å². The van der Waals surface area contributed by atoms with Gasteiger partial charge in [0.2, 0.25) is 15.9 Å². The van der Waals surface area contributed by atoms with Crippen molar-refractivity contribution >= 4 is 32.9 Å². The maximum absolute atomic E-state index is 13.1. The van der Waals surface area contributed by atoms with Crippen molar-refractivity contribution in [3.8, 4) is 0 Å². The second-order valence-corrected chi connectivity index (χ2v) is 10.5. The van der Waals surface area contributed by atoms with Gasteiger partial charge in [-0.15, -0.1) is 0 Å². The lowest BCUT2D eigenvalue weighted by atomic mass is 9.87. The predicted molar refractivity (Wildman–Crippen MR) is 105 cm³/mol. The number of sulfonamides is 1. The average molecular weight is 396 g/mol. The van der Waals surface area contributed by atoms with Crippen molar-refractivity contribution in [2.45, 2.75) is 50.0 Å². The van der Waals surface area contributed by atoms with E-state index < -0.39 is 16.1 Å². The van der Waals surface area contributed by atoms with Gasteiger partial charge in [0.25, 0.3) is 0 Å². The molecule has 1 saturated heterocycles. The molecule has 2 heterocycles. The predicted octanol–water partition coefficient (Wildman–Crippen LogP) is 2.36. The van der Waals surface area contributed by atoms with Crippen LogP contribution in [-0.4, -0.2) is 48.7 Å². The van der Waals surface area contributed by atoms with Crippen LogP contribution >= 0.6 is 11.8 Å². The van der Waals surface area contributed by atoms with Crippen molar-refractivity contribution in [2.24, 2.45) is 4.99 Å². The van der Waals surface area contributed by atoms with Crippen LogP contribution in [0.3, 0.4) is 0 Å². The van der Waals surface area contributed by atoms with E-state index in [-0.39, 0.29) is 16.2 Å². The maximum atomic E-state index is 13.1. The van der Waals surface area contributed by atoms with Crippen LogP contribution in [0.15, 0.2) is 34.2 Å². The van der Waals surface area contributed by atoms with Crippen molar-refractivity contribution in [1.29, 1.82) is 0 Å². The van der Waals surface area contributed by atoms with Crippen LogP contribution in [-0.2, 0) is 20.2 Å². The normalized spacial score (nSPS) is 21.7. The smallest absolute Gasteiger partial charge is 0.244 e. The van der Waals surface area contributed by atoms with Crippen LogP contribution in [0.1, 0.15) is 39.2 Å². The molecule has 0 saturated carbocycles. The third kappa shape index (κ3) is 3.97. The summed E-state index contributed by atoms with van der Waals surface area (Å²) in [7, 11) is -3.70. The molecule has 0 bridgehead atoms. The van der Waals surface area contributed by atoms with Gasteiger partial charge in [0, 0.05) is 12.3 Å². The Morgan fingerprint density at radius 2 is 1.96 bits per heavy atom. The summed E-state index contributed by atoms with van der Waals surface area (Å²) in [5.41, 5.74) is 1.03. The zero-order valence-electron chi connectivity index (χ0n) is 15.4. The number of aliphatic imine (C=N–C) groups is 1. The van der Waals surface area contributed by atoms with Crippen LogP contribution in [0.25, 0.3) is 0 Å². The lowest BCUT2D eigenvalue weighted by Gasteiger charge is -2.24. The van der Waals surface area contributed by atoms with E-state index in [1.807, 2.05) is 12.1 Å². The van der Waals surface area contributed by atoms with Gasteiger partial charge in [-0.1, -0.05) is 44.7 Å². The van der Waals surface area contributed by atoms with Gasteiger partial charge in [0.05, 0.1) is 11.4 Å². The molecule has 3 rings (SSSR count). The largest absolute Gasteiger partial charge is 0.304 e. The first kappa shape index (κ1) is 19.4. The van der Waals surface area contributed by atoms with E-state index in [0.29, 0.717) is 31.1 Å². The summed E-state index contributed by atoms with van der Waals surface area (Å²) in [6.07, 6.45) is 1.21. The number of nitrogens with one attached hydrogen (secondary N) is 1. The number of carbonyl (C=O) groups is 1. The molecule has 0 spiro atoms. The summed E-state index contributed by atoms with van der Waals surface area (Å²) in [5.74, 6) is 0.563. The van der Waals surface area contributed by atoms with Crippen molar-refractivity contribution in [2.75, 3.05) is 18.8 Å². The lowest BCUT2D eigenvalue weighted by Crippen LogP contribution is -2.46. The first-order valence-electron chi connectivity index (χ1n) is 8.80. The van der Waals surface area contributed by atoms with Crippen LogP contribution in [0.5, 0.6) is 0 Å². The van der Waals surface area contributed by atoms with Gasteiger partial charge in [0.15, 0.2) is 5.17 Å². The van der Waals surface area contributed by atoms with Gasteiger partial charge in [-0.3, -0.25) is 9.79 Å². The van der Waals surface area contributed by atoms with E-state index in [1.165, 1.54) is 16.1 Å².